The molecule has 2 aromatic rings. The van der Waals surface area contributed by atoms with Gasteiger partial charge in [0.1, 0.15) is 0 Å². The molecule has 0 saturated heterocycles. The molecule has 0 unspecified atom stereocenters. The fourth-order valence-corrected chi connectivity index (χ4v) is 2.85. The van der Waals surface area contributed by atoms with Crippen LogP contribution < -0.4 is 10.9 Å². The number of carbonyl (C=O) groups is 1. The Hall–Kier alpha value is -2.37. The fourth-order valence-electron chi connectivity index (χ4n) is 2.85. The zero-order valence-corrected chi connectivity index (χ0v) is 15.3. The van der Waals surface area contributed by atoms with Gasteiger partial charge in [0.2, 0.25) is 0 Å². The molecule has 0 spiro atoms. The molecule has 0 radical (unpaired) electrons. The highest BCUT2D eigenvalue weighted by molar-refractivity contribution is 5.95. The molecule has 1 amide bonds. The van der Waals surface area contributed by atoms with E-state index in [9.17, 15) is 9.59 Å². The Balaban J connectivity index is 2.23. The van der Waals surface area contributed by atoms with E-state index < -0.39 is 0 Å². The number of aryl methyl sites for hydroxylation is 2. The van der Waals surface area contributed by atoms with E-state index in [0.717, 1.165) is 17.0 Å². The van der Waals surface area contributed by atoms with E-state index in [1.807, 2.05) is 31.5 Å². The van der Waals surface area contributed by atoms with Crippen molar-refractivity contribution in [1.29, 1.82) is 0 Å². The van der Waals surface area contributed by atoms with Crippen LogP contribution in [0.4, 0.5) is 0 Å². The third-order valence-corrected chi connectivity index (χ3v) is 4.00. The van der Waals surface area contributed by atoms with Gasteiger partial charge in [-0.15, -0.1) is 0 Å². The van der Waals surface area contributed by atoms with Crippen molar-refractivity contribution in [2.45, 2.75) is 60.0 Å². The second-order valence-electron chi connectivity index (χ2n) is 7.07. The summed E-state index contributed by atoms with van der Waals surface area (Å²) in [5.74, 6) is -0.207. The molecule has 2 heterocycles. The van der Waals surface area contributed by atoms with Crippen LogP contribution in [0.3, 0.4) is 0 Å². The van der Waals surface area contributed by atoms with Crippen LogP contribution in [0, 0.1) is 13.8 Å². The Morgan fingerprint density at radius 3 is 2.54 bits per heavy atom. The first-order chi connectivity index (χ1) is 11.1. The monoisotopic (exact) mass is 330 g/mol. The normalized spacial score (nSPS) is 11.6. The predicted octanol–water partition coefficient (Wildman–Crippen LogP) is 2.44. The molecule has 0 fully saturated rings. The van der Waals surface area contributed by atoms with Crippen LogP contribution in [0.2, 0.25) is 0 Å². The summed E-state index contributed by atoms with van der Waals surface area (Å²) in [7, 11) is 0. The average molecular weight is 330 g/mol. The average Bonchev–Trinajstić information content (AvgIpc) is 2.89. The lowest BCUT2D eigenvalue weighted by Crippen LogP contribution is -2.29. The number of aromatic nitrogens is 3. The number of rotatable bonds is 4. The van der Waals surface area contributed by atoms with Gasteiger partial charge < -0.3 is 10.3 Å². The first-order valence-electron chi connectivity index (χ1n) is 8.20. The summed E-state index contributed by atoms with van der Waals surface area (Å²) in [6.45, 7) is 12.1. The summed E-state index contributed by atoms with van der Waals surface area (Å²) in [4.78, 5) is 27.4. The molecule has 0 aliphatic rings. The van der Waals surface area contributed by atoms with Gasteiger partial charge in [0.05, 0.1) is 23.0 Å². The Labute approximate surface area is 142 Å². The van der Waals surface area contributed by atoms with Crippen LogP contribution in [-0.2, 0) is 18.5 Å². The lowest BCUT2D eigenvalue weighted by atomic mass is 10.1. The number of nitrogens with one attached hydrogen (secondary N) is 2. The summed E-state index contributed by atoms with van der Waals surface area (Å²) in [5.41, 5.74) is 3.38. The van der Waals surface area contributed by atoms with Crippen LogP contribution in [0.1, 0.15) is 60.6 Å². The van der Waals surface area contributed by atoms with Gasteiger partial charge in [-0.3, -0.25) is 14.3 Å². The third-order valence-electron chi connectivity index (χ3n) is 4.00. The summed E-state index contributed by atoms with van der Waals surface area (Å²) in [6, 6.07) is 1.90. The molecule has 0 aliphatic carbocycles. The van der Waals surface area contributed by atoms with Gasteiger partial charge >= 0.3 is 0 Å². The van der Waals surface area contributed by atoms with E-state index in [-0.39, 0.29) is 23.6 Å². The van der Waals surface area contributed by atoms with Crippen LogP contribution in [0.5, 0.6) is 0 Å². The molecule has 0 bridgehead atoms. The zero-order chi connectivity index (χ0) is 18.1. The second kappa shape index (κ2) is 6.63. The Morgan fingerprint density at radius 1 is 1.33 bits per heavy atom. The zero-order valence-electron chi connectivity index (χ0n) is 15.3. The van der Waals surface area contributed by atoms with Crippen molar-refractivity contribution in [3.8, 4) is 0 Å². The lowest BCUT2D eigenvalue weighted by Gasteiger charge is -2.22. The Kier molecular flexibility index (Phi) is 4.96. The van der Waals surface area contributed by atoms with E-state index >= 15 is 0 Å². The maximum absolute atomic E-state index is 12.6. The number of amides is 1. The van der Waals surface area contributed by atoms with Gasteiger partial charge in [0.15, 0.2) is 0 Å². The molecule has 0 aromatic carbocycles. The van der Waals surface area contributed by atoms with Crippen molar-refractivity contribution in [2.75, 3.05) is 0 Å². The third kappa shape index (κ3) is 3.58. The molecule has 0 atom stereocenters. The first kappa shape index (κ1) is 18.0. The first-order valence-corrected chi connectivity index (χ1v) is 8.20. The molecule has 24 heavy (non-hydrogen) atoms. The minimum absolute atomic E-state index is 0.158. The van der Waals surface area contributed by atoms with Crippen molar-refractivity contribution < 1.29 is 4.79 Å². The summed E-state index contributed by atoms with van der Waals surface area (Å²) in [5, 5.41) is 7.21. The van der Waals surface area contributed by atoms with Crippen molar-refractivity contribution in [3.63, 3.8) is 0 Å². The molecule has 6 heteroatoms. The Bertz CT molecular complexity index is 809. The van der Waals surface area contributed by atoms with Gasteiger partial charge in [-0.25, -0.2) is 0 Å². The summed E-state index contributed by atoms with van der Waals surface area (Å²) < 4.78 is 1.88. The van der Waals surface area contributed by atoms with Gasteiger partial charge in [0.25, 0.3) is 11.5 Å². The highest BCUT2D eigenvalue weighted by Gasteiger charge is 2.23. The highest BCUT2D eigenvalue weighted by atomic mass is 16.2. The maximum atomic E-state index is 12.6. The standard InChI is InChI=1S/C18H26N4O2/c1-7-15-14(10-20-22(15)18(4,5)6)16(23)19-9-13-11(2)8-12(3)21-17(13)24/h8,10H,7,9H2,1-6H3,(H,19,23)(H,21,24). The van der Waals surface area contributed by atoms with Crippen LogP contribution in [-0.4, -0.2) is 20.7 Å². The number of hydrogen-bond donors (Lipinski definition) is 2. The predicted molar refractivity (Wildman–Crippen MR) is 94.3 cm³/mol. The molecule has 130 valence electrons. The molecular formula is C18H26N4O2. The van der Waals surface area contributed by atoms with E-state index in [2.05, 4.69) is 36.2 Å². The molecule has 0 saturated carbocycles. The number of carbonyl (C=O) groups excluding carboxylic acids is 1. The van der Waals surface area contributed by atoms with Gasteiger partial charge in [-0.05, 0) is 52.7 Å². The van der Waals surface area contributed by atoms with Gasteiger partial charge in [-0.1, -0.05) is 6.92 Å². The van der Waals surface area contributed by atoms with Crippen molar-refractivity contribution in [1.82, 2.24) is 20.1 Å². The van der Waals surface area contributed by atoms with Crippen molar-refractivity contribution in [3.05, 3.63) is 50.7 Å². The van der Waals surface area contributed by atoms with Crippen LogP contribution in [0.15, 0.2) is 17.1 Å². The van der Waals surface area contributed by atoms with E-state index in [4.69, 9.17) is 0 Å². The molecule has 6 nitrogen and oxygen atoms in total. The van der Waals surface area contributed by atoms with Gasteiger partial charge in [0, 0.05) is 17.8 Å². The summed E-state index contributed by atoms with van der Waals surface area (Å²) in [6.07, 6.45) is 2.32. The minimum atomic E-state index is -0.207. The lowest BCUT2D eigenvalue weighted by molar-refractivity contribution is 0.0949. The number of hydrogen-bond acceptors (Lipinski definition) is 3. The van der Waals surface area contributed by atoms with E-state index in [0.29, 0.717) is 17.5 Å². The van der Waals surface area contributed by atoms with E-state index in [1.54, 1.807) is 6.20 Å². The van der Waals surface area contributed by atoms with Crippen LogP contribution >= 0.6 is 0 Å². The smallest absolute Gasteiger partial charge is 0.255 e. The van der Waals surface area contributed by atoms with Crippen molar-refractivity contribution >= 4 is 5.91 Å². The largest absolute Gasteiger partial charge is 0.348 e. The highest BCUT2D eigenvalue weighted by Crippen LogP contribution is 2.19. The maximum Gasteiger partial charge on any atom is 0.255 e. The molecule has 2 aromatic heterocycles. The fraction of sp³-hybridized carbons (Fsp3) is 0.500. The summed E-state index contributed by atoms with van der Waals surface area (Å²) >= 11 is 0. The molecule has 0 aliphatic heterocycles. The quantitative estimate of drug-likeness (QED) is 0.903. The Morgan fingerprint density at radius 2 is 2.00 bits per heavy atom. The molecule has 2 N–H and O–H groups in total. The number of aromatic amines is 1. The van der Waals surface area contributed by atoms with Crippen molar-refractivity contribution in [2.24, 2.45) is 0 Å². The second-order valence-corrected chi connectivity index (χ2v) is 7.07. The SMILES string of the molecule is CCc1c(C(=O)NCc2c(C)cc(C)[nH]c2=O)cnn1C(C)(C)C. The number of H-pyrrole nitrogens is 1. The number of pyridine rings is 1. The van der Waals surface area contributed by atoms with E-state index in [1.165, 1.54) is 0 Å². The van der Waals surface area contributed by atoms with Crippen LogP contribution in [0.25, 0.3) is 0 Å². The van der Waals surface area contributed by atoms with Gasteiger partial charge in [-0.2, -0.15) is 5.10 Å². The molecule has 2 rings (SSSR count). The molecular weight excluding hydrogens is 304 g/mol. The topological polar surface area (TPSA) is 79.8 Å². The minimum Gasteiger partial charge on any atom is -0.348 e. The number of nitrogens with zero attached hydrogens (tertiary/aromatic N) is 2.